The van der Waals surface area contributed by atoms with Crippen molar-refractivity contribution in [1.29, 1.82) is 0 Å². The Morgan fingerprint density at radius 3 is 2.50 bits per heavy atom. The van der Waals surface area contributed by atoms with Crippen molar-refractivity contribution in [3.05, 3.63) is 39.7 Å². The average molecular weight is 253 g/mol. The van der Waals surface area contributed by atoms with E-state index in [0.717, 1.165) is 20.7 Å². The fourth-order valence-electron chi connectivity index (χ4n) is 1.46. The number of nitrogens with one attached hydrogen (secondary N) is 1. The standard InChI is InChI=1S/C12H13ClN2S/c1-7-5-9(14)10(6-8(7)2)15-12-4-3-11(13)16-12/h3-6,15H,14H2,1-2H3. The molecule has 1 aromatic carbocycles. The van der Waals surface area contributed by atoms with Crippen molar-refractivity contribution in [2.24, 2.45) is 0 Å². The van der Waals surface area contributed by atoms with Crippen molar-refractivity contribution < 1.29 is 0 Å². The highest BCUT2D eigenvalue weighted by atomic mass is 35.5. The minimum atomic E-state index is 0.757. The zero-order valence-electron chi connectivity index (χ0n) is 9.17. The Bertz CT molecular complexity index is 520. The molecule has 3 N–H and O–H groups in total. The maximum atomic E-state index is 5.95. The predicted molar refractivity (Wildman–Crippen MR) is 72.9 cm³/mol. The van der Waals surface area contributed by atoms with E-state index < -0.39 is 0 Å². The molecule has 0 aliphatic rings. The van der Waals surface area contributed by atoms with Crippen molar-refractivity contribution in [1.82, 2.24) is 0 Å². The molecule has 2 rings (SSSR count). The van der Waals surface area contributed by atoms with Gasteiger partial charge in [0.1, 0.15) is 0 Å². The molecular weight excluding hydrogens is 240 g/mol. The van der Waals surface area contributed by atoms with Crippen LogP contribution in [0.4, 0.5) is 16.4 Å². The minimum absolute atomic E-state index is 0.757. The molecule has 4 heteroatoms. The first-order valence-electron chi connectivity index (χ1n) is 4.95. The number of thiophene rings is 1. The molecule has 0 bridgehead atoms. The highest BCUT2D eigenvalue weighted by Gasteiger charge is 2.04. The van der Waals surface area contributed by atoms with Gasteiger partial charge in [-0.25, -0.2) is 0 Å². The number of nitrogens with two attached hydrogens (primary N) is 1. The summed E-state index contributed by atoms with van der Waals surface area (Å²) >= 11 is 7.37. The fraction of sp³-hybridized carbons (Fsp3) is 0.167. The number of hydrogen-bond donors (Lipinski definition) is 2. The van der Waals surface area contributed by atoms with Gasteiger partial charge in [-0.05, 0) is 49.2 Å². The summed E-state index contributed by atoms with van der Waals surface area (Å²) < 4.78 is 0.768. The number of hydrogen-bond acceptors (Lipinski definition) is 3. The molecule has 2 nitrogen and oxygen atoms in total. The van der Waals surface area contributed by atoms with Crippen LogP contribution in [0.2, 0.25) is 4.34 Å². The van der Waals surface area contributed by atoms with E-state index in [1.54, 1.807) is 0 Å². The van der Waals surface area contributed by atoms with E-state index in [0.29, 0.717) is 0 Å². The van der Waals surface area contributed by atoms with Crippen molar-refractivity contribution in [2.45, 2.75) is 13.8 Å². The lowest BCUT2D eigenvalue weighted by atomic mass is 10.1. The third-order valence-electron chi connectivity index (χ3n) is 2.50. The van der Waals surface area contributed by atoms with Gasteiger partial charge in [0.25, 0.3) is 0 Å². The summed E-state index contributed by atoms with van der Waals surface area (Å²) in [7, 11) is 0. The van der Waals surface area contributed by atoms with E-state index in [1.165, 1.54) is 22.5 Å². The second-order valence-corrected chi connectivity index (χ2v) is 5.47. The monoisotopic (exact) mass is 252 g/mol. The second-order valence-electron chi connectivity index (χ2n) is 3.75. The lowest BCUT2D eigenvalue weighted by Gasteiger charge is -2.10. The molecule has 16 heavy (non-hydrogen) atoms. The Morgan fingerprint density at radius 2 is 1.88 bits per heavy atom. The van der Waals surface area contributed by atoms with E-state index in [-0.39, 0.29) is 0 Å². The van der Waals surface area contributed by atoms with Crippen LogP contribution in [0.3, 0.4) is 0 Å². The van der Waals surface area contributed by atoms with E-state index in [4.69, 9.17) is 17.3 Å². The van der Waals surface area contributed by atoms with Gasteiger partial charge < -0.3 is 11.1 Å². The summed E-state index contributed by atoms with van der Waals surface area (Å²) in [6.45, 7) is 4.12. The van der Waals surface area contributed by atoms with Crippen LogP contribution in [0.1, 0.15) is 11.1 Å². The maximum absolute atomic E-state index is 5.95. The van der Waals surface area contributed by atoms with E-state index >= 15 is 0 Å². The molecule has 0 aliphatic heterocycles. The van der Waals surface area contributed by atoms with Crippen molar-refractivity contribution in [2.75, 3.05) is 11.1 Å². The summed E-state index contributed by atoms with van der Waals surface area (Å²) in [5, 5.41) is 4.27. The lowest BCUT2D eigenvalue weighted by molar-refractivity contribution is 1.34. The summed E-state index contributed by atoms with van der Waals surface area (Å²) in [6, 6.07) is 7.85. The Balaban J connectivity index is 2.31. The lowest BCUT2D eigenvalue weighted by Crippen LogP contribution is -1.97. The molecule has 0 aliphatic carbocycles. The maximum Gasteiger partial charge on any atom is 0.0950 e. The number of rotatable bonds is 2. The molecule has 0 saturated heterocycles. The largest absolute Gasteiger partial charge is 0.397 e. The van der Waals surface area contributed by atoms with Crippen molar-refractivity contribution in [3.63, 3.8) is 0 Å². The average Bonchev–Trinajstić information content (AvgIpc) is 2.60. The fourth-order valence-corrected chi connectivity index (χ4v) is 2.42. The summed E-state index contributed by atoms with van der Waals surface area (Å²) in [4.78, 5) is 0. The molecule has 0 radical (unpaired) electrons. The highest BCUT2D eigenvalue weighted by molar-refractivity contribution is 7.19. The van der Waals surface area contributed by atoms with Crippen LogP contribution in [0.25, 0.3) is 0 Å². The molecular formula is C12H13ClN2S. The highest BCUT2D eigenvalue weighted by Crippen LogP contribution is 2.32. The van der Waals surface area contributed by atoms with E-state index in [9.17, 15) is 0 Å². The normalized spacial score (nSPS) is 10.4. The quantitative estimate of drug-likeness (QED) is 0.780. The molecule has 0 unspecified atom stereocenters. The zero-order valence-corrected chi connectivity index (χ0v) is 10.7. The molecule has 2 aromatic rings. The number of aryl methyl sites for hydroxylation is 2. The molecule has 0 saturated carbocycles. The van der Waals surface area contributed by atoms with Crippen LogP contribution in [0, 0.1) is 13.8 Å². The summed E-state index contributed by atoms with van der Waals surface area (Å²) in [5.74, 6) is 0. The minimum Gasteiger partial charge on any atom is -0.397 e. The zero-order chi connectivity index (χ0) is 11.7. The molecule has 1 aromatic heterocycles. The predicted octanol–water partition coefficient (Wildman–Crippen LogP) is 4.34. The Hall–Kier alpha value is -1.19. The van der Waals surface area contributed by atoms with Crippen LogP contribution in [-0.4, -0.2) is 0 Å². The molecule has 0 fully saturated rings. The molecule has 1 heterocycles. The number of anilines is 3. The third kappa shape index (κ3) is 2.31. The molecule has 0 amide bonds. The van der Waals surface area contributed by atoms with E-state index in [1.807, 2.05) is 18.2 Å². The van der Waals surface area contributed by atoms with Crippen LogP contribution < -0.4 is 11.1 Å². The topological polar surface area (TPSA) is 38.0 Å². The van der Waals surface area contributed by atoms with Gasteiger partial charge >= 0.3 is 0 Å². The van der Waals surface area contributed by atoms with Gasteiger partial charge in [-0.2, -0.15) is 0 Å². The molecule has 0 spiro atoms. The first-order valence-corrected chi connectivity index (χ1v) is 6.15. The Morgan fingerprint density at radius 1 is 1.19 bits per heavy atom. The van der Waals surface area contributed by atoms with Gasteiger partial charge in [0.15, 0.2) is 0 Å². The van der Waals surface area contributed by atoms with Gasteiger partial charge in [-0.3, -0.25) is 0 Å². The third-order valence-corrected chi connectivity index (χ3v) is 3.64. The molecule has 0 atom stereocenters. The summed E-state index contributed by atoms with van der Waals surface area (Å²) in [6.07, 6.45) is 0. The van der Waals surface area contributed by atoms with Crippen LogP contribution >= 0.6 is 22.9 Å². The van der Waals surface area contributed by atoms with Crippen molar-refractivity contribution >= 4 is 39.3 Å². The van der Waals surface area contributed by atoms with E-state index in [2.05, 4.69) is 25.2 Å². The Kier molecular flexibility index (Phi) is 3.08. The first kappa shape index (κ1) is 11.3. The number of benzene rings is 1. The van der Waals surface area contributed by atoms with Crippen LogP contribution in [-0.2, 0) is 0 Å². The van der Waals surface area contributed by atoms with Gasteiger partial charge in [0.05, 0.1) is 20.7 Å². The van der Waals surface area contributed by atoms with Crippen LogP contribution in [0.15, 0.2) is 24.3 Å². The van der Waals surface area contributed by atoms with Gasteiger partial charge in [0.2, 0.25) is 0 Å². The number of halogens is 1. The molecule has 84 valence electrons. The summed E-state index contributed by atoms with van der Waals surface area (Å²) in [5.41, 5.74) is 10.1. The van der Waals surface area contributed by atoms with Crippen molar-refractivity contribution in [3.8, 4) is 0 Å². The SMILES string of the molecule is Cc1cc(N)c(Nc2ccc(Cl)s2)cc1C. The van der Waals surface area contributed by atoms with Gasteiger partial charge in [0, 0.05) is 0 Å². The smallest absolute Gasteiger partial charge is 0.0950 e. The number of nitrogen functional groups attached to an aromatic ring is 1. The van der Waals surface area contributed by atoms with Gasteiger partial charge in [-0.1, -0.05) is 11.6 Å². The Labute approximate surface area is 104 Å². The first-order chi connectivity index (χ1) is 7.56. The second kappa shape index (κ2) is 4.36. The van der Waals surface area contributed by atoms with Gasteiger partial charge in [-0.15, -0.1) is 11.3 Å². The van der Waals surface area contributed by atoms with Crippen LogP contribution in [0.5, 0.6) is 0 Å².